The summed E-state index contributed by atoms with van der Waals surface area (Å²) in [5.41, 5.74) is 0.527. The number of hydrogen-bond donors (Lipinski definition) is 1. The van der Waals surface area contributed by atoms with E-state index in [1.165, 1.54) is 0 Å². The van der Waals surface area contributed by atoms with E-state index in [9.17, 15) is 9.59 Å². The van der Waals surface area contributed by atoms with Crippen molar-refractivity contribution in [2.24, 2.45) is 0 Å². The molecule has 0 saturated heterocycles. The minimum Gasteiger partial charge on any atom is -0.485 e. The fourth-order valence-corrected chi connectivity index (χ4v) is 2.38. The minimum absolute atomic E-state index is 0.127. The first-order valence-electron chi connectivity index (χ1n) is 8.23. The van der Waals surface area contributed by atoms with Gasteiger partial charge >= 0.3 is 5.97 Å². The van der Waals surface area contributed by atoms with Crippen LogP contribution in [0.4, 0.5) is 5.69 Å². The minimum atomic E-state index is -0.756. The highest BCUT2D eigenvalue weighted by atomic mass is 16.6. The lowest BCUT2D eigenvalue weighted by molar-refractivity contribution is -0.145. The number of carbonyl (C=O) groups is 2. The quantitative estimate of drug-likeness (QED) is 0.800. The average Bonchev–Trinajstić information content (AvgIpc) is 2.66. The van der Waals surface area contributed by atoms with E-state index in [0.29, 0.717) is 29.5 Å². The van der Waals surface area contributed by atoms with Gasteiger partial charge in [-0.2, -0.15) is 0 Å². The molecule has 1 aliphatic heterocycles. The maximum absolute atomic E-state index is 12.4. The molecule has 1 unspecified atom stereocenters. The molecule has 0 aliphatic carbocycles. The Morgan fingerprint density at radius 1 is 1.15 bits per heavy atom. The summed E-state index contributed by atoms with van der Waals surface area (Å²) in [6.07, 6.45) is -0.756. The zero-order valence-corrected chi connectivity index (χ0v) is 14.3. The number of carbonyl (C=O) groups excluding carboxylic acids is 2. The molecule has 3 rings (SSSR count). The molecule has 1 atom stereocenters. The summed E-state index contributed by atoms with van der Waals surface area (Å²) in [6, 6.07) is 13.9. The summed E-state index contributed by atoms with van der Waals surface area (Å²) < 4.78 is 21.4. The normalized spacial score (nSPS) is 15.0. The van der Waals surface area contributed by atoms with Gasteiger partial charge in [-0.25, -0.2) is 4.79 Å². The van der Waals surface area contributed by atoms with Gasteiger partial charge in [0.15, 0.2) is 18.1 Å². The van der Waals surface area contributed by atoms with Crippen molar-refractivity contribution in [3.63, 3.8) is 0 Å². The number of ether oxygens (including phenoxy) is 4. The third-order valence-electron chi connectivity index (χ3n) is 3.56. The van der Waals surface area contributed by atoms with Gasteiger partial charge in [0.2, 0.25) is 6.10 Å². The summed E-state index contributed by atoms with van der Waals surface area (Å²) in [6.45, 7) is 1.96. The van der Waals surface area contributed by atoms with Crippen LogP contribution in [-0.2, 0) is 14.3 Å². The Balaban J connectivity index is 1.58. The van der Waals surface area contributed by atoms with Gasteiger partial charge in [0.1, 0.15) is 12.4 Å². The van der Waals surface area contributed by atoms with E-state index in [-0.39, 0.29) is 19.1 Å². The van der Waals surface area contributed by atoms with Crippen molar-refractivity contribution in [2.75, 3.05) is 25.1 Å². The van der Waals surface area contributed by atoms with Gasteiger partial charge in [0, 0.05) is 11.8 Å². The fourth-order valence-electron chi connectivity index (χ4n) is 2.38. The Morgan fingerprint density at radius 3 is 2.77 bits per heavy atom. The highest BCUT2D eigenvalue weighted by molar-refractivity contribution is 5.94. The summed E-state index contributed by atoms with van der Waals surface area (Å²) >= 11 is 0. The Bertz CT molecular complexity index is 791. The molecule has 7 heteroatoms. The largest absolute Gasteiger partial charge is 0.485 e. The van der Waals surface area contributed by atoms with Crippen molar-refractivity contribution in [2.45, 2.75) is 13.0 Å². The van der Waals surface area contributed by atoms with Gasteiger partial charge in [-0.3, -0.25) is 4.79 Å². The van der Waals surface area contributed by atoms with Gasteiger partial charge < -0.3 is 24.3 Å². The number of esters is 1. The number of anilines is 1. The second-order valence-corrected chi connectivity index (χ2v) is 5.48. The van der Waals surface area contributed by atoms with E-state index < -0.39 is 12.1 Å². The number of hydrogen-bond acceptors (Lipinski definition) is 6. The van der Waals surface area contributed by atoms with Crippen LogP contribution in [0.5, 0.6) is 17.2 Å². The van der Waals surface area contributed by atoms with Gasteiger partial charge in [0.25, 0.3) is 5.91 Å². The monoisotopic (exact) mass is 357 g/mol. The molecule has 26 heavy (non-hydrogen) atoms. The topological polar surface area (TPSA) is 83.1 Å². The number of nitrogens with one attached hydrogen (secondary N) is 1. The summed E-state index contributed by atoms with van der Waals surface area (Å²) in [5.74, 6) is 0.814. The molecule has 0 aromatic heterocycles. The number of para-hydroxylation sites is 2. The van der Waals surface area contributed by atoms with Gasteiger partial charge in [-0.1, -0.05) is 18.2 Å². The lowest BCUT2D eigenvalue weighted by atomic mass is 10.2. The average molecular weight is 357 g/mol. The number of fused-ring (bicyclic) bond motifs is 1. The smallest absolute Gasteiger partial charge is 0.344 e. The molecule has 1 heterocycles. The number of amides is 1. The Kier molecular flexibility index (Phi) is 5.58. The van der Waals surface area contributed by atoms with E-state index in [1.54, 1.807) is 43.3 Å². The third-order valence-corrected chi connectivity index (χ3v) is 3.56. The van der Waals surface area contributed by atoms with Crippen LogP contribution < -0.4 is 19.5 Å². The van der Waals surface area contributed by atoms with Crippen LogP contribution in [0.15, 0.2) is 48.5 Å². The zero-order chi connectivity index (χ0) is 18.4. The third kappa shape index (κ3) is 4.44. The van der Waals surface area contributed by atoms with Crippen molar-refractivity contribution in [1.82, 2.24) is 0 Å². The molecule has 0 radical (unpaired) electrons. The predicted octanol–water partition coefficient (Wildman–Crippen LogP) is 2.41. The molecular weight excluding hydrogens is 338 g/mol. The van der Waals surface area contributed by atoms with Crippen LogP contribution >= 0.6 is 0 Å². The van der Waals surface area contributed by atoms with Crippen LogP contribution in [0.2, 0.25) is 0 Å². The summed E-state index contributed by atoms with van der Waals surface area (Å²) in [5, 5.41) is 2.76. The first kappa shape index (κ1) is 17.6. The maximum Gasteiger partial charge on any atom is 0.344 e. The van der Waals surface area contributed by atoms with Gasteiger partial charge in [-0.05, 0) is 31.2 Å². The molecule has 1 aliphatic rings. The van der Waals surface area contributed by atoms with Gasteiger partial charge in [0.05, 0.1) is 6.61 Å². The van der Waals surface area contributed by atoms with Crippen LogP contribution in [0, 0.1) is 0 Å². The lowest BCUT2D eigenvalue weighted by Crippen LogP contribution is -2.40. The van der Waals surface area contributed by atoms with E-state index in [4.69, 9.17) is 18.9 Å². The lowest BCUT2D eigenvalue weighted by Gasteiger charge is -2.25. The molecule has 1 N–H and O–H groups in total. The first-order valence-corrected chi connectivity index (χ1v) is 8.23. The number of rotatable bonds is 6. The van der Waals surface area contributed by atoms with Crippen molar-refractivity contribution in [1.29, 1.82) is 0 Å². The summed E-state index contributed by atoms with van der Waals surface area (Å²) in [4.78, 5) is 23.7. The molecule has 136 valence electrons. The van der Waals surface area contributed by atoms with Crippen molar-refractivity contribution in [3.8, 4) is 17.2 Å². The Morgan fingerprint density at radius 2 is 1.96 bits per heavy atom. The standard InChI is InChI=1S/C19H19NO6/c1-2-23-18(21)12-24-14-7-5-6-13(10-14)20-19(22)17-11-25-15-8-3-4-9-16(15)26-17/h3-10,17H,2,11-12H2,1H3,(H,20,22). The van der Waals surface area contributed by atoms with Crippen LogP contribution in [0.25, 0.3) is 0 Å². The molecular formula is C19H19NO6. The maximum atomic E-state index is 12.4. The van der Waals surface area contributed by atoms with Crippen molar-refractivity contribution in [3.05, 3.63) is 48.5 Å². The molecule has 2 aromatic carbocycles. The zero-order valence-electron chi connectivity index (χ0n) is 14.3. The molecule has 0 saturated carbocycles. The second kappa shape index (κ2) is 8.24. The van der Waals surface area contributed by atoms with Gasteiger partial charge in [-0.15, -0.1) is 0 Å². The van der Waals surface area contributed by atoms with E-state index in [2.05, 4.69) is 5.32 Å². The highest BCUT2D eigenvalue weighted by Gasteiger charge is 2.27. The van der Waals surface area contributed by atoms with E-state index >= 15 is 0 Å². The molecule has 0 bridgehead atoms. The SMILES string of the molecule is CCOC(=O)COc1cccc(NC(=O)C2COc3ccccc3O2)c1. The molecule has 7 nitrogen and oxygen atoms in total. The highest BCUT2D eigenvalue weighted by Crippen LogP contribution is 2.31. The Labute approximate surface area is 150 Å². The van der Waals surface area contributed by atoms with Crippen LogP contribution in [0.3, 0.4) is 0 Å². The van der Waals surface area contributed by atoms with Crippen LogP contribution in [-0.4, -0.2) is 37.8 Å². The fraction of sp³-hybridized carbons (Fsp3) is 0.263. The van der Waals surface area contributed by atoms with E-state index in [1.807, 2.05) is 12.1 Å². The predicted molar refractivity (Wildman–Crippen MR) is 93.6 cm³/mol. The van der Waals surface area contributed by atoms with Crippen LogP contribution in [0.1, 0.15) is 6.92 Å². The van der Waals surface area contributed by atoms with E-state index in [0.717, 1.165) is 0 Å². The Hall–Kier alpha value is -3.22. The molecule has 0 spiro atoms. The second-order valence-electron chi connectivity index (χ2n) is 5.48. The first-order chi connectivity index (χ1) is 12.7. The molecule has 2 aromatic rings. The molecule has 0 fully saturated rings. The van der Waals surface area contributed by atoms with Crippen molar-refractivity contribution >= 4 is 17.6 Å². The molecule has 1 amide bonds. The van der Waals surface area contributed by atoms with Crippen molar-refractivity contribution < 1.29 is 28.5 Å². The summed E-state index contributed by atoms with van der Waals surface area (Å²) in [7, 11) is 0. The number of benzene rings is 2.